The molecule has 0 radical (unpaired) electrons. The third-order valence-corrected chi connectivity index (χ3v) is 10.6. The van der Waals surface area contributed by atoms with Gasteiger partial charge in [-0.3, -0.25) is 0 Å². The van der Waals surface area contributed by atoms with E-state index in [0.29, 0.717) is 0 Å². The Morgan fingerprint density at radius 2 is 1.37 bits per heavy atom. The van der Waals surface area contributed by atoms with E-state index in [0.717, 1.165) is 19.4 Å². The predicted molar refractivity (Wildman–Crippen MR) is 204 cm³/mol. The van der Waals surface area contributed by atoms with Crippen LogP contribution < -0.4 is 4.90 Å². The summed E-state index contributed by atoms with van der Waals surface area (Å²) >= 11 is 1.92. The molecule has 0 unspecified atom stereocenters. The molecule has 2 aliphatic heterocycles. The molecule has 0 N–H and O–H groups in total. The van der Waals surface area contributed by atoms with Crippen molar-refractivity contribution in [2.45, 2.75) is 97.3 Å². The van der Waals surface area contributed by atoms with Crippen LogP contribution in [0, 0.1) is 0 Å². The molecule has 0 bridgehead atoms. The van der Waals surface area contributed by atoms with Crippen molar-refractivity contribution in [3.8, 4) is 0 Å². The van der Waals surface area contributed by atoms with Gasteiger partial charge in [-0.05, 0) is 81.0 Å². The second kappa shape index (κ2) is 15.4. The monoisotopic (exact) mass is 631 g/mol. The number of thioether (sulfide) groups is 1. The van der Waals surface area contributed by atoms with Gasteiger partial charge in [0, 0.05) is 50.9 Å². The maximum atomic E-state index is 2.50. The van der Waals surface area contributed by atoms with Crippen molar-refractivity contribution in [2.24, 2.45) is 0 Å². The predicted octanol–water partition coefficient (Wildman–Crippen LogP) is 12.2. The van der Waals surface area contributed by atoms with E-state index in [1.807, 2.05) is 39.5 Å². The largest absolute Gasteiger partial charge is 0.344 e. The molecule has 1 aliphatic carbocycles. The maximum Gasteiger partial charge on any atom is 0.209 e. The van der Waals surface area contributed by atoms with E-state index in [-0.39, 0.29) is 10.8 Å². The Bertz CT molecular complexity index is 1660. The summed E-state index contributed by atoms with van der Waals surface area (Å²) in [5, 5.41) is 0. The molecule has 0 amide bonds. The molecule has 3 aliphatic rings. The molecule has 0 spiro atoms. The molecule has 3 aromatic carbocycles. The van der Waals surface area contributed by atoms with Gasteiger partial charge < -0.3 is 4.90 Å². The number of allylic oxidation sites excluding steroid dienone is 7. The highest BCUT2D eigenvalue weighted by Crippen LogP contribution is 2.48. The quantitative estimate of drug-likeness (QED) is 0.250. The van der Waals surface area contributed by atoms with Crippen LogP contribution in [0.3, 0.4) is 0 Å². The number of anilines is 1. The minimum atomic E-state index is -0.0282. The van der Waals surface area contributed by atoms with Gasteiger partial charge in [-0.15, -0.1) is 0 Å². The van der Waals surface area contributed by atoms with E-state index in [9.17, 15) is 0 Å². The van der Waals surface area contributed by atoms with Crippen LogP contribution in [0.1, 0.15) is 92.7 Å². The molecule has 0 saturated carbocycles. The molecule has 3 aromatic rings. The van der Waals surface area contributed by atoms with Crippen molar-refractivity contribution in [1.29, 1.82) is 0 Å². The Hall–Kier alpha value is -3.56. The summed E-state index contributed by atoms with van der Waals surface area (Å²) in [7, 11) is 2.21. The number of para-hydroxylation sites is 2. The Labute approximate surface area is 284 Å². The lowest BCUT2D eigenvalue weighted by atomic mass is 9.81. The number of nitrogens with zero attached hydrogens (tertiary/aromatic N) is 2. The SMILES string of the molecule is CC.CC.CCN1/C(=C/C=C2\CCCC(/C=C/C3=[N+](C)c4ccccc4C3(C)C)=C2Sc2ccccc2)C(C)(C)c2ccccc21. The van der Waals surface area contributed by atoms with Crippen LogP contribution in [0.2, 0.25) is 0 Å². The summed E-state index contributed by atoms with van der Waals surface area (Å²) < 4.78 is 2.37. The minimum Gasteiger partial charge on any atom is -0.344 e. The van der Waals surface area contributed by atoms with Gasteiger partial charge in [0.2, 0.25) is 5.69 Å². The zero-order valence-corrected chi connectivity index (χ0v) is 30.8. The van der Waals surface area contributed by atoms with Crippen LogP contribution >= 0.6 is 11.8 Å². The maximum absolute atomic E-state index is 2.50. The first-order chi connectivity index (χ1) is 22.2. The van der Waals surface area contributed by atoms with Crippen LogP contribution in [-0.2, 0) is 10.8 Å². The minimum absolute atomic E-state index is 0.0260. The first-order valence-electron chi connectivity index (χ1n) is 17.4. The topological polar surface area (TPSA) is 6.25 Å². The zero-order valence-electron chi connectivity index (χ0n) is 29.9. The van der Waals surface area contributed by atoms with Gasteiger partial charge in [0.25, 0.3) is 0 Å². The fourth-order valence-electron chi connectivity index (χ4n) is 7.10. The highest BCUT2D eigenvalue weighted by atomic mass is 32.2. The van der Waals surface area contributed by atoms with Crippen molar-refractivity contribution < 1.29 is 4.58 Å². The van der Waals surface area contributed by atoms with Crippen LogP contribution in [0.25, 0.3) is 0 Å². The highest BCUT2D eigenvalue weighted by molar-refractivity contribution is 8.03. The second-order valence-electron chi connectivity index (χ2n) is 12.7. The molecule has 242 valence electrons. The van der Waals surface area contributed by atoms with E-state index >= 15 is 0 Å². The third kappa shape index (κ3) is 6.76. The first kappa shape index (κ1) is 35.3. The normalized spacial score (nSPS) is 19.6. The lowest BCUT2D eigenvalue weighted by Crippen LogP contribution is -2.26. The standard InChI is InChI=1S/C39H43N2S.2C2H6/c1-7-41-34-23-14-12-21-32(34)39(4,5)36(41)27-25-29-17-15-16-28(37(29)42-30-18-9-8-10-19-30)24-26-35-38(2,3)31-20-11-13-22-33(31)40(35)6;2*1-2/h8-14,18-27H,7,15-17H2,1-6H3;2*1-2H3/q+1;;. The zero-order chi connectivity index (χ0) is 33.5. The van der Waals surface area contributed by atoms with Crippen LogP contribution in [0.15, 0.2) is 130 Å². The summed E-state index contributed by atoms with van der Waals surface area (Å²) in [5.74, 6) is 0. The molecule has 46 heavy (non-hydrogen) atoms. The second-order valence-corrected chi connectivity index (χ2v) is 13.8. The molecule has 2 heterocycles. The molecule has 3 heteroatoms. The molecular formula is C43H55N2S+. The van der Waals surface area contributed by atoms with Crippen molar-refractivity contribution in [1.82, 2.24) is 0 Å². The average molecular weight is 632 g/mol. The van der Waals surface area contributed by atoms with Crippen LogP contribution in [0.5, 0.6) is 0 Å². The number of likely N-dealkylation sites (N-methyl/N-ethyl adjacent to an activating group) is 1. The number of hydrogen-bond donors (Lipinski definition) is 0. The van der Waals surface area contributed by atoms with Crippen molar-refractivity contribution >= 4 is 28.8 Å². The summed E-state index contributed by atoms with van der Waals surface area (Å²) in [6, 6.07) is 28.6. The Morgan fingerprint density at radius 3 is 2.04 bits per heavy atom. The molecule has 2 nitrogen and oxygen atoms in total. The molecule has 0 atom stereocenters. The van der Waals surface area contributed by atoms with E-state index in [1.165, 1.54) is 61.3 Å². The van der Waals surface area contributed by atoms with Gasteiger partial charge in [0.15, 0.2) is 5.71 Å². The fourth-order valence-corrected chi connectivity index (χ4v) is 8.23. The summed E-state index contributed by atoms with van der Waals surface area (Å²) in [6.45, 7) is 20.7. The van der Waals surface area contributed by atoms with Gasteiger partial charge in [-0.2, -0.15) is 4.58 Å². The van der Waals surface area contributed by atoms with E-state index in [2.05, 4.69) is 154 Å². The first-order valence-corrected chi connectivity index (χ1v) is 18.2. The van der Waals surface area contributed by atoms with E-state index < -0.39 is 0 Å². The van der Waals surface area contributed by atoms with Crippen LogP contribution in [-0.4, -0.2) is 23.9 Å². The summed E-state index contributed by atoms with van der Waals surface area (Å²) in [4.78, 5) is 5.20. The van der Waals surface area contributed by atoms with Crippen LogP contribution in [0.4, 0.5) is 11.4 Å². The fraction of sp³-hybridized carbons (Fsp3) is 0.372. The Balaban J connectivity index is 0.00000116. The van der Waals surface area contributed by atoms with E-state index in [4.69, 9.17) is 0 Å². The van der Waals surface area contributed by atoms with E-state index in [1.54, 1.807) is 0 Å². The highest BCUT2D eigenvalue weighted by Gasteiger charge is 2.42. The van der Waals surface area contributed by atoms with Gasteiger partial charge in [0.05, 0.1) is 5.41 Å². The number of hydrogen-bond acceptors (Lipinski definition) is 2. The Morgan fingerprint density at radius 1 is 0.739 bits per heavy atom. The van der Waals surface area contributed by atoms with Crippen molar-refractivity contribution in [3.63, 3.8) is 0 Å². The third-order valence-electron chi connectivity index (χ3n) is 9.38. The molecule has 6 rings (SSSR count). The van der Waals surface area contributed by atoms with Gasteiger partial charge in [-0.1, -0.05) is 120 Å². The number of benzene rings is 3. The molecule has 0 saturated heterocycles. The average Bonchev–Trinajstić information content (AvgIpc) is 3.43. The number of rotatable bonds is 6. The summed E-state index contributed by atoms with van der Waals surface area (Å²) in [5.41, 5.74) is 11.0. The lowest BCUT2D eigenvalue weighted by Gasteiger charge is -2.26. The van der Waals surface area contributed by atoms with Gasteiger partial charge >= 0.3 is 0 Å². The number of fused-ring (bicyclic) bond motifs is 2. The smallest absolute Gasteiger partial charge is 0.209 e. The molecular weight excluding hydrogens is 577 g/mol. The Kier molecular flexibility index (Phi) is 11.8. The van der Waals surface area contributed by atoms with Gasteiger partial charge in [-0.25, -0.2) is 0 Å². The summed E-state index contributed by atoms with van der Waals surface area (Å²) in [6.07, 6.45) is 13.0. The lowest BCUT2D eigenvalue weighted by molar-refractivity contribution is -0.401. The molecule has 0 aromatic heterocycles. The van der Waals surface area contributed by atoms with Gasteiger partial charge in [0.1, 0.15) is 7.05 Å². The molecule has 0 fully saturated rings. The van der Waals surface area contributed by atoms with Crippen molar-refractivity contribution in [2.75, 3.05) is 18.5 Å². The van der Waals surface area contributed by atoms with Crippen molar-refractivity contribution in [3.05, 3.63) is 136 Å².